The highest BCUT2D eigenvalue weighted by Crippen LogP contribution is 2.63. The number of aromatic nitrogens is 4. The third-order valence-electron chi connectivity index (χ3n) is 13.2. The SMILES string of the molecule is O=S1(=O)c2ccccc2-c2cc3c(cc21)C1(c2ccccc2-c2ccccc2-c2ccc(-c4cc(-c5ccccc5)nc(-c5cnc(-c6ccccc6)nc5)n4)cc21)c1ccccc1-3. The van der Waals surface area contributed by atoms with E-state index in [1.54, 1.807) is 24.5 Å². The van der Waals surface area contributed by atoms with Crippen LogP contribution >= 0.6 is 0 Å². The minimum Gasteiger partial charge on any atom is -0.236 e. The summed E-state index contributed by atoms with van der Waals surface area (Å²) >= 11 is 0. The van der Waals surface area contributed by atoms with Gasteiger partial charge in [-0.15, -0.1) is 0 Å². The summed E-state index contributed by atoms with van der Waals surface area (Å²) in [7, 11) is -3.81. The van der Waals surface area contributed by atoms with Crippen LogP contribution in [0.2, 0.25) is 0 Å². The minimum atomic E-state index is -3.81. The maximum absolute atomic E-state index is 14.6. The molecule has 1 atom stereocenters. The highest BCUT2D eigenvalue weighted by molar-refractivity contribution is 7.92. The molecular formula is C57H34N4O2S. The van der Waals surface area contributed by atoms with Crippen LogP contribution in [-0.4, -0.2) is 28.4 Å². The Morgan fingerprint density at radius 2 is 0.844 bits per heavy atom. The van der Waals surface area contributed by atoms with Crippen molar-refractivity contribution < 1.29 is 8.42 Å². The Bertz CT molecular complexity index is 3680. The fourth-order valence-corrected chi connectivity index (χ4v) is 12.1. The summed E-state index contributed by atoms with van der Waals surface area (Å²) in [6.07, 6.45) is 3.58. The molecule has 1 spiro atoms. The van der Waals surface area contributed by atoms with E-state index in [1.165, 1.54) is 0 Å². The summed E-state index contributed by atoms with van der Waals surface area (Å²) in [5.41, 5.74) is 16.2. The van der Waals surface area contributed by atoms with Crippen LogP contribution in [-0.2, 0) is 15.3 Å². The zero-order valence-electron chi connectivity index (χ0n) is 34.1. The van der Waals surface area contributed by atoms with Crippen LogP contribution in [0.1, 0.15) is 22.3 Å². The van der Waals surface area contributed by atoms with Gasteiger partial charge in [-0.25, -0.2) is 28.4 Å². The molecule has 10 aromatic rings. The summed E-state index contributed by atoms with van der Waals surface area (Å²) in [6, 6.07) is 66.1. The molecule has 7 heteroatoms. The molecule has 64 heavy (non-hydrogen) atoms. The maximum atomic E-state index is 14.6. The second kappa shape index (κ2) is 13.7. The van der Waals surface area contributed by atoms with Gasteiger partial charge in [0.2, 0.25) is 9.84 Å². The lowest BCUT2D eigenvalue weighted by Gasteiger charge is -2.35. The summed E-state index contributed by atoms with van der Waals surface area (Å²) < 4.78 is 29.1. The molecule has 2 aliphatic carbocycles. The van der Waals surface area contributed by atoms with Crippen LogP contribution in [0, 0.1) is 0 Å². The first kappa shape index (κ1) is 36.5. The third kappa shape index (κ3) is 5.16. The van der Waals surface area contributed by atoms with Gasteiger partial charge in [-0.1, -0.05) is 164 Å². The predicted octanol–water partition coefficient (Wildman–Crippen LogP) is 12.8. The van der Waals surface area contributed by atoms with Crippen molar-refractivity contribution in [2.75, 3.05) is 0 Å². The van der Waals surface area contributed by atoms with E-state index in [9.17, 15) is 8.42 Å². The first-order valence-corrected chi connectivity index (χ1v) is 22.8. The molecule has 0 amide bonds. The van der Waals surface area contributed by atoms with Gasteiger partial charge in [0.1, 0.15) is 0 Å². The molecule has 0 fully saturated rings. The largest absolute Gasteiger partial charge is 0.236 e. The Morgan fingerprint density at radius 1 is 0.328 bits per heavy atom. The fourth-order valence-electron chi connectivity index (χ4n) is 10.4. The summed E-state index contributed by atoms with van der Waals surface area (Å²) in [5.74, 6) is 1.13. The molecule has 3 aliphatic rings. The zero-order valence-corrected chi connectivity index (χ0v) is 35.0. The maximum Gasteiger partial charge on any atom is 0.207 e. The van der Waals surface area contributed by atoms with Gasteiger partial charge in [0, 0.05) is 40.2 Å². The van der Waals surface area contributed by atoms with E-state index in [4.69, 9.17) is 19.9 Å². The van der Waals surface area contributed by atoms with Crippen LogP contribution in [0.4, 0.5) is 0 Å². The van der Waals surface area contributed by atoms with Gasteiger partial charge in [0.05, 0.1) is 32.2 Å². The number of rotatable bonds is 4. The zero-order chi connectivity index (χ0) is 42.6. The lowest BCUT2D eigenvalue weighted by Crippen LogP contribution is -2.29. The van der Waals surface area contributed by atoms with E-state index in [-0.39, 0.29) is 0 Å². The molecule has 13 rings (SSSR count). The minimum absolute atomic E-state index is 0.338. The number of hydrogen-bond acceptors (Lipinski definition) is 6. The number of nitrogens with zero attached hydrogens (tertiary/aromatic N) is 4. The van der Waals surface area contributed by atoms with Crippen molar-refractivity contribution in [3.63, 3.8) is 0 Å². The molecule has 0 saturated carbocycles. The molecule has 6 nitrogen and oxygen atoms in total. The molecule has 1 unspecified atom stereocenters. The average Bonchev–Trinajstić information content (AvgIpc) is 3.73. The molecule has 0 saturated heterocycles. The fraction of sp³-hybridized carbons (Fsp3) is 0.0175. The predicted molar refractivity (Wildman–Crippen MR) is 252 cm³/mol. The number of hydrogen-bond donors (Lipinski definition) is 0. The molecule has 8 aromatic carbocycles. The van der Waals surface area contributed by atoms with Gasteiger partial charge in [-0.2, -0.15) is 0 Å². The first-order chi connectivity index (χ1) is 31.5. The van der Waals surface area contributed by atoms with Crippen LogP contribution < -0.4 is 0 Å². The third-order valence-corrected chi connectivity index (χ3v) is 15.0. The van der Waals surface area contributed by atoms with E-state index >= 15 is 0 Å². The standard InChI is InChI=1S/C57H34N4O2S/c62-64(63)53-26-14-11-23-44(53)46-30-45-42-22-10-13-25-48(42)57(50(45)31-54(46)64)47-24-12-9-21-41(47)39-19-7-8-20-40(39)43-28-27-37(29-49(43)57)52-32-51(35-15-3-1-4-16-35)60-56(61-52)38-33-58-55(59-34-38)36-17-5-2-6-18-36/h1-34H. The normalized spacial score (nSPS) is 15.5. The Balaban J connectivity index is 1.10. The highest BCUT2D eigenvalue weighted by atomic mass is 32.2. The Hall–Kier alpha value is -8.13. The molecule has 0 bridgehead atoms. The molecule has 3 heterocycles. The second-order valence-electron chi connectivity index (χ2n) is 16.5. The van der Waals surface area contributed by atoms with Crippen molar-refractivity contribution >= 4 is 9.84 Å². The molecule has 2 aromatic heterocycles. The van der Waals surface area contributed by atoms with Crippen molar-refractivity contribution in [3.05, 3.63) is 229 Å². The molecular weight excluding hydrogens is 805 g/mol. The van der Waals surface area contributed by atoms with Gasteiger partial charge in [-0.05, 0) is 86.0 Å². The Kier molecular flexibility index (Phi) is 7.81. The van der Waals surface area contributed by atoms with Gasteiger partial charge in [-0.3, -0.25) is 0 Å². The smallest absolute Gasteiger partial charge is 0.207 e. The van der Waals surface area contributed by atoms with Crippen molar-refractivity contribution in [1.29, 1.82) is 0 Å². The lowest BCUT2D eigenvalue weighted by atomic mass is 9.65. The van der Waals surface area contributed by atoms with E-state index in [2.05, 4.69) is 115 Å². The lowest BCUT2D eigenvalue weighted by molar-refractivity contribution is 0.598. The quantitative estimate of drug-likeness (QED) is 0.175. The van der Waals surface area contributed by atoms with Crippen LogP contribution in [0.15, 0.2) is 216 Å². The van der Waals surface area contributed by atoms with Crippen molar-refractivity contribution in [2.24, 2.45) is 0 Å². The van der Waals surface area contributed by atoms with E-state index in [1.807, 2.05) is 66.7 Å². The average molecular weight is 839 g/mol. The Morgan fingerprint density at radius 3 is 1.52 bits per heavy atom. The van der Waals surface area contributed by atoms with Crippen LogP contribution in [0.5, 0.6) is 0 Å². The number of fused-ring (bicyclic) bond motifs is 15. The topological polar surface area (TPSA) is 85.7 Å². The number of benzene rings is 8. The Labute approximate surface area is 370 Å². The van der Waals surface area contributed by atoms with Gasteiger partial charge < -0.3 is 0 Å². The van der Waals surface area contributed by atoms with Gasteiger partial charge >= 0.3 is 0 Å². The first-order valence-electron chi connectivity index (χ1n) is 21.3. The number of sulfone groups is 1. The molecule has 0 N–H and O–H groups in total. The second-order valence-corrected chi connectivity index (χ2v) is 18.4. The highest BCUT2D eigenvalue weighted by Gasteiger charge is 2.51. The summed E-state index contributed by atoms with van der Waals surface area (Å²) in [5, 5.41) is 0. The molecule has 0 radical (unpaired) electrons. The van der Waals surface area contributed by atoms with E-state index in [0.717, 1.165) is 94.8 Å². The van der Waals surface area contributed by atoms with Crippen molar-refractivity contribution in [2.45, 2.75) is 15.2 Å². The van der Waals surface area contributed by atoms with Gasteiger partial charge in [0.25, 0.3) is 0 Å². The monoisotopic (exact) mass is 838 g/mol. The summed E-state index contributed by atoms with van der Waals surface area (Å²) in [6.45, 7) is 0. The van der Waals surface area contributed by atoms with E-state index < -0.39 is 15.3 Å². The van der Waals surface area contributed by atoms with Crippen LogP contribution in [0.3, 0.4) is 0 Å². The molecule has 1 aliphatic heterocycles. The van der Waals surface area contributed by atoms with E-state index in [0.29, 0.717) is 27.0 Å². The van der Waals surface area contributed by atoms with Crippen molar-refractivity contribution in [3.8, 4) is 89.8 Å². The molecule has 300 valence electrons. The van der Waals surface area contributed by atoms with Gasteiger partial charge in [0.15, 0.2) is 11.6 Å². The van der Waals surface area contributed by atoms with Crippen molar-refractivity contribution in [1.82, 2.24) is 19.9 Å². The van der Waals surface area contributed by atoms with Crippen LogP contribution in [0.25, 0.3) is 89.8 Å². The summed E-state index contributed by atoms with van der Waals surface area (Å²) in [4.78, 5) is 20.6.